The Kier molecular flexibility index (Phi) is 4.42. The number of nitrogens with zero attached hydrogens (tertiary/aromatic N) is 3. The first kappa shape index (κ1) is 15.0. The van der Waals surface area contributed by atoms with Crippen molar-refractivity contribution in [2.24, 2.45) is 0 Å². The molecule has 0 bridgehead atoms. The standard InChI is InChI=1S/C14H24N4O2/c1-10(13(19)15-11-7-5-4-6-8-11)18-9-12(16-17-18)14(2,3)20/h9-11,20H,4-8H2,1-3H3,(H,15,19). The minimum absolute atomic E-state index is 0.0379. The lowest BCUT2D eigenvalue weighted by atomic mass is 9.95. The second-order valence-electron chi connectivity index (χ2n) is 6.16. The van der Waals surface area contributed by atoms with Gasteiger partial charge in [-0.15, -0.1) is 5.10 Å². The van der Waals surface area contributed by atoms with Gasteiger partial charge in [-0.05, 0) is 33.6 Å². The molecule has 1 aliphatic carbocycles. The summed E-state index contributed by atoms with van der Waals surface area (Å²) in [5, 5.41) is 20.8. The Hall–Kier alpha value is -1.43. The molecule has 1 amide bonds. The highest BCUT2D eigenvalue weighted by molar-refractivity contribution is 5.80. The van der Waals surface area contributed by atoms with E-state index in [0.717, 1.165) is 12.8 Å². The molecule has 6 heteroatoms. The third kappa shape index (κ3) is 3.56. The van der Waals surface area contributed by atoms with E-state index in [0.29, 0.717) is 5.69 Å². The van der Waals surface area contributed by atoms with Gasteiger partial charge in [-0.2, -0.15) is 0 Å². The third-order valence-electron chi connectivity index (χ3n) is 3.86. The van der Waals surface area contributed by atoms with Crippen molar-refractivity contribution in [3.63, 3.8) is 0 Å². The minimum atomic E-state index is -1.04. The van der Waals surface area contributed by atoms with Crippen molar-refractivity contribution >= 4 is 5.91 Å². The Labute approximate surface area is 119 Å². The molecule has 6 nitrogen and oxygen atoms in total. The van der Waals surface area contributed by atoms with Crippen LogP contribution in [0.15, 0.2) is 6.20 Å². The van der Waals surface area contributed by atoms with Gasteiger partial charge in [0, 0.05) is 6.04 Å². The number of carbonyl (C=O) groups excluding carboxylic acids is 1. The van der Waals surface area contributed by atoms with E-state index in [9.17, 15) is 9.90 Å². The van der Waals surface area contributed by atoms with Crippen molar-refractivity contribution in [3.05, 3.63) is 11.9 Å². The van der Waals surface area contributed by atoms with E-state index < -0.39 is 11.6 Å². The molecule has 1 aromatic rings. The number of amides is 1. The topological polar surface area (TPSA) is 80.0 Å². The summed E-state index contributed by atoms with van der Waals surface area (Å²) in [4.78, 5) is 12.2. The highest BCUT2D eigenvalue weighted by Gasteiger charge is 2.25. The van der Waals surface area contributed by atoms with Gasteiger partial charge in [-0.25, -0.2) is 4.68 Å². The fraction of sp³-hybridized carbons (Fsp3) is 0.786. The fourth-order valence-corrected chi connectivity index (χ4v) is 2.44. The van der Waals surface area contributed by atoms with Crippen LogP contribution >= 0.6 is 0 Å². The number of rotatable bonds is 4. The molecule has 0 aromatic carbocycles. The highest BCUT2D eigenvalue weighted by atomic mass is 16.3. The van der Waals surface area contributed by atoms with E-state index in [2.05, 4.69) is 15.6 Å². The van der Waals surface area contributed by atoms with Gasteiger partial charge in [0.25, 0.3) is 0 Å². The van der Waals surface area contributed by atoms with Crippen LogP contribution in [0.25, 0.3) is 0 Å². The molecule has 1 fully saturated rings. The summed E-state index contributed by atoms with van der Waals surface area (Å²) in [6, 6.07) is -0.128. The predicted octanol–water partition coefficient (Wildman–Crippen LogP) is 1.52. The molecule has 1 aliphatic rings. The van der Waals surface area contributed by atoms with E-state index in [1.807, 2.05) is 0 Å². The molecule has 2 rings (SSSR count). The first-order valence-electron chi connectivity index (χ1n) is 7.33. The number of nitrogens with one attached hydrogen (secondary N) is 1. The fourth-order valence-electron chi connectivity index (χ4n) is 2.44. The Morgan fingerprint density at radius 1 is 1.45 bits per heavy atom. The molecule has 20 heavy (non-hydrogen) atoms. The van der Waals surface area contributed by atoms with Gasteiger partial charge >= 0.3 is 0 Å². The molecule has 1 heterocycles. The summed E-state index contributed by atoms with van der Waals surface area (Å²) in [6.07, 6.45) is 7.39. The first-order chi connectivity index (χ1) is 9.38. The van der Waals surface area contributed by atoms with Crippen LogP contribution in [-0.4, -0.2) is 32.0 Å². The smallest absolute Gasteiger partial charge is 0.244 e. The first-order valence-corrected chi connectivity index (χ1v) is 7.33. The molecule has 0 spiro atoms. The van der Waals surface area contributed by atoms with Crippen molar-refractivity contribution < 1.29 is 9.90 Å². The molecular weight excluding hydrogens is 256 g/mol. The Morgan fingerprint density at radius 2 is 2.10 bits per heavy atom. The second-order valence-corrected chi connectivity index (χ2v) is 6.16. The number of hydrogen-bond acceptors (Lipinski definition) is 4. The summed E-state index contributed by atoms with van der Waals surface area (Å²) in [5.74, 6) is -0.0379. The molecule has 0 saturated heterocycles. The van der Waals surface area contributed by atoms with Crippen LogP contribution in [-0.2, 0) is 10.4 Å². The van der Waals surface area contributed by atoms with Gasteiger partial charge in [0.05, 0.1) is 6.20 Å². The highest BCUT2D eigenvalue weighted by Crippen LogP contribution is 2.19. The number of hydrogen-bond donors (Lipinski definition) is 2. The van der Waals surface area contributed by atoms with Gasteiger partial charge in [0.15, 0.2) is 0 Å². The summed E-state index contributed by atoms with van der Waals surface area (Å²) in [5.41, 5.74) is -0.576. The summed E-state index contributed by atoms with van der Waals surface area (Å²) in [7, 11) is 0. The van der Waals surface area contributed by atoms with Crippen molar-refractivity contribution in [2.75, 3.05) is 0 Å². The molecule has 1 atom stereocenters. The van der Waals surface area contributed by atoms with Crippen LogP contribution in [0.3, 0.4) is 0 Å². The van der Waals surface area contributed by atoms with Crippen molar-refractivity contribution in [3.8, 4) is 0 Å². The minimum Gasteiger partial charge on any atom is -0.384 e. The zero-order valence-corrected chi connectivity index (χ0v) is 12.5. The van der Waals surface area contributed by atoms with Crippen molar-refractivity contribution in [1.82, 2.24) is 20.3 Å². The van der Waals surface area contributed by atoms with E-state index in [1.165, 1.54) is 23.9 Å². The Bertz CT molecular complexity index is 458. The van der Waals surface area contributed by atoms with Gasteiger partial charge < -0.3 is 10.4 Å². The maximum absolute atomic E-state index is 12.2. The molecule has 0 aliphatic heterocycles. The van der Waals surface area contributed by atoms with E-state index in [4.69, 9.17) is 0 Å². The van der Waals surface area contributed by atoms with Crippen molar-refractivity contribution in [1.29, 1.82) is 0 Å². The van der Waals surface area contributed by atoms with Gasteiger partial charge in [0.2, 0.25) is 5.91 Å². The predicted molar refractivity (Wildman–Crippen MR) is 75.0 cm³/mol. The number of aromatic nitrogens is 3. The normalized spacial score (nSPS) is 18.8. The Balaban J connectivity index is 1.97. The molecule has 0 radical (unpaired) electrons. The molecule has 1 saturated carbocycles. The quantitative estimate of drug-likeness (QED) is 0.876. The SMILES string of the molecule is CC(C(=O)NC1CCCCC1)n1cc(C(C)(C)O)nn1. The third-order valence-corrected chi connectivity index (χ3v) is 3.86. The molecule has 2 N–H and O–H groups in total. The lowest BCUT2D eigenvalue weighted by molar-refractivity contribution is -0.125. The van der Waals surface area contributed by atoms with Crippen LogP contribution in [0, 0.1) is 0 Å². The molecule has 112 valence electrons. The summed E-state index contributed by atoms with van der Waals surface area (Å²) >= 11 is 0. The van der Waals surface area contributed by atoms with Crippen molar-refractivity contribution in [2.45, 2.75) is 70.6 Å². The molecular formula is C14H24N4O2. The van der Waals surface area contributed by atoms with Crippen LogP contribution in [0.1, 0.15) is 64.6 Å². The van der Waals surface area contributed by atoms with E-state index >= 15 is 0 Å². The van der Waals surface area contributed by atoms with Gasteiger partial charge in [-0.1, -0.05) is 24.5 Å². The van der Waals surface area contributed by atoms with Crippen LogP contribution in [0.4, 0.5) is 0 Å². The largest absolute Gasteiger partial charge is 0.384 e. The lowest BCUT2D eigenvalue weighted by Gasteiger charge is -2.24. The molecule has 1 aromatic heterocycles. The van der Waals surface area contributed by atoms with E-state index in [-0.39, 0.29) is 11.9 Å². The lowest BCUT2D eigenvalue weighted by Crippen LogP contribution is -2.40. The Morgan fingerprint density at radius 3 is 2.65 bits per heavy atom. The maximum atomic E-state index is 12.2. The maximum Gasteiger partial charge on any atom is 0.244 e. The average Bonchev–Trinajstić information content (AvgIpc) is 2.88. The van der Waals surface area contributed by atoms with Crippen LogP contribution < -0.4 is 5.32 Å². The van der Waals surface area contributed by atoms with E-state index in [1.54, 1.807) is 27.0 Å². The zero-order valence-electron chi connectivity index (χ0n) is 12.5. The summed E-state index contributed by atoms with van der Waals surface area (Å²) in [6.45, 7) is 5.09. The van der Waals surface area contributed by atoms with Crippen LogP contribution in [0.5, 0.6) is 0 Å². The average molecular weight is 280 g/mol. The number of aliphatic hydroxyl groups is 1. The zero-order chi connectivity index (χ0) is 14.8. The second kappa shape index (κ2) is 5.91. The summed E-state index contributed by atoms with van der Waals surface area (Å²) < 4.78 is 1.51. The van der Waals surface area contributed by atoms with Crippen LogP contribution in [0.2, 0.25) is 0 Å². The monoisotopic (exact) mass is 280 g/mol. The molecule has 1 unspecified atom stereocenters. The number of carbonyl (C=O) groups is 1. The van der Waals surface area contributed by atoms with Gasteiger partial charge in [0.1, 0.15) is 17.3 Å². The van der Waals surface area contributed by atoms with Gasteiger partial charge in [-0.3, -0.25) is 4.79 Å².